The number of piperidine rings is 1. The van der Waals surface area contributed by atoms with Crippen LogP contribution in [0.25, 0.3) is 16.9 Å². The summed E-state index contributed by atoms with van der Waals surface area (Å²) in [4.78, 5) is 32.9. The number of benzene rings is 2. The van der Waals surface area contributed by atoms with Crippen LogP contribution in [0.15, 0.2) is 42.5 Å². The van der Waals surface area contributed by atoms with Gasteiger partial charge in [-0.3, -0.25) is 9.59 Å². The zero-order valence-electron chi connectivity index (χ0n) is 24.6. The lowest BCUT2D eigenvalue weighted by Crippen LogP contribution is -2.45. The summed E-state index contributed by atoms with van der Waals surface area (Å²) >= 11 is 0. The van der Waals surface area contributed by atoms with Gasteiger partial charge in [0.2, 0.25) is 0 Å². The predicted molar refractivity (Wildman–Crippen MR) is 154 cm³/mol. The van der Waals surface area contributed by atoms with Crippen LogP contribution >= 0.6 is 0 Å². The van der Waals surface area contributed by atoms with E-state index in [0.29, 0.717) is 17.3 Å². The summed E-state index contributed by atoms with van der Waals surface area (Å²) in [6, 6.07) is 10.0. The summed E-state index contributed by atoms with van der Waals surface area (Å²) in [5.74, 6) is -5.09. The molecule has 5 rings (SSSR count). The van der Waals surface area contributed by atoms with Gasteiger partial charge in [0.1, 0.15) is 17.7 Å². The topological polar surface area (TPSA) is 89.3 Å². The normalized spacial score (nSPS) is 16.7. The minimum atomic E-state index is -1.61. The summed E-state index contributed by atoms with van der Waals surface area (Å²) in [7, 11) is 3.24. The van der Waals surface area contributed by atoms with Gasteiger partial charge < -0.3 is 19.3 Å². The number of halogens is 4. The highest BCUT2D eigenvalue weighted by molar-refractivity contribution is 5.94. The van der Waals surface area contributed by atoms with Crippen LogP contribution in [-0.2, 0) is 9.53 Å². The van der Waals surface area contributed by atoms with Gasteiger partial charge in [-0.1, -0.05) is 12.1 Å². The molecule has 1 saturated heterocycles. The number of fused-ring (bicyclic) bond motifs is 1. The summed E-state index contributed by atoms with van der Waals surface area (Å²) in [5.41, 5.74) is 1.66. The largest absolute Gasteiger partial charge is 0.495 e. The number of alkyl halides is 1. The maximum absolute atomic E-state index is 15.0. The summed E-state index contributed by atoms with van der Waals surface area (Å²) in [5, 5.41) is 4.50. The molecule has 1 aliphatic rings. The molecule has 3 heterocycles. The maximum Gasteiger partial charge on any atom is 0.306 e. The van der Waals surface area contributed by atoms with E-state index in [1.54, 1.807) is 24.9 Å². The molecule has 44 heavy (non-hydrogen) atoms. The van der Waals surface area contributed by atoms with Crippen LogP contribution < -0.4 is 9.64 Å². The Labute approximate surface area is 251 Å². The number of anilines is 2. The summed E-state index contributed by atoms with van der Waals surface area (Å²) < 4.78 is 69.1. The van der Waals surface area contributed by atoms with E-state index in [1.807, 2.05) is 19.1 Å². The Balaban J connectivity index is 1.55. The van der Waals surface area contributed by atoms with Crippen LogP contribution in [0.4, 0.5) is 29.1 Å². The third kappa shape index (κ3) is 5.90. The molecule has 232 valence electrons. The number of hydrogen-bond acceptors (Lipinski definition) is 7. The van der Waals surface area contributed by atoms with Crippen molar-refractivity contribution in [2.24, 2.45) is 5.92 Å². The monoisotopic (exact) mass is 613 g/mol. The van der Waals surface area contributed by atoms with E-state index in [2.05, 4.69) is 10.1 Å². The third-order valence-electron chi connectivity index (χ3n) is 7.70. The first kappa shape index (κ1) is 30.8. The molecule has 0 spiro atoms. The Hall–Kier alpha value is -4.68. The summed E-state index contributed by atoms with van der Waals surface area (Å²) in [6.45, 7) is 3.73. The van der Waals surface area contributed by atoms with Gasteiger partial charge in [-0.2, -0.15) is 9.61 Å². The zero-order valence-corrected chi connectivity index (χ0v) is 24.6. The third-order valence-corrected chi connectivity index (χ3v) is 7.70. The molecule has 0 aliphatic carbocycles. The Morgan fingerprint density at radius 3 is 2.50 bits per heavy atom. The van der Waals surface area contributed by atoms with Crippen LogP contribution in [0.5, 0.6) is 5.75 Å². The molecule has 0 N–H and O–H groups in total. The molecule has 1 fully saturated rings. The van der Waals surface area contributed by atoms with E-state index in [4.69, 9.17) is 9.47 Å². The number of carbonyl (C=O) groups is 2. The number of ether oxygens (including phenoxy) is 2. The van der Waals surface area contributed by atoms with Crippen LogP contribution in [0.2, 0.25) is 0 Å². The molecule has 0 bridgehead atoms. The smallest absolute Gasteiger partial charge is 0.306 e. The Morgan fingerprint density at radius 2 is 1.84 bits per heavy atom. The fourth-order valence-corrected chi connectivity index (χ4v) is 5.46. The SMILES string of the molecule is CCOC(=O)C[C@@H]1CCN(C(=O)c2cc3nc(-c4cc(F)c(F)c(F)c4)cc(N(C)c4c(C)cccc4OC)n3n2)C[C@@H]1F. The molecule has 9 nitrogen and oxygen atoms in total. The van der Waals surface area contributed by atoms with Crippen molar-refractivity contribution in [3.8, 4) is 17.0 Å². The van der Waals surface area contributed by atoms with Crippen LogP contribution in [0.3, 0.4) is 0 Å². The molecule has 4 aromatic rings. The Bertz CT molecular complexity index is 1710. The van der Waals surface area contributed by atoms with Crippen molar-refractivity contribution in [1.82, 2.24) is 19.5 Å². The minimum absolute atomic E-state index is 0.0337. The minimum Gasteiger partial charge on any atom is -0.495 e. The molecular formula is C31H31F4N5O4. The van der Waals surface area contributed by atoms with Gasteiger partial charge in [0, 0.05) is 37.2 Å². The van der Waals surface area contributed by atoms with Crippen molar-refractivity contribution in [1.29, 1.82) is 0 Å². The number of amides is 1. The first-order valence-corrected chi connectivity index (χ1v) is 14.0. The zero-order chi connectivity index (χ0) is 31.7. The first-order valence-electron chi connectivity index (χ1n) is 14.0. The van der Waals surface area contributed by atoms with Crippen LogP contribution in [-0.4, -0.2) is 71.4 Å². The van der Waals surface area contributed by atoms with E-state index in [9.17, 15) is 22.8 Å². The fourth-order valence-electron chi connectivity index (χ4n) is 5.46. The second-order valence-corrected chi connectivity index (χ2v) is 10.6. The lowest BCUT2D eigenvalue weighted by molar-refractivity contribution is -0.145. The molecule has 2 atom stereocenters. The fraction of sp³-hybridized carbons (Fsp3) is 0.355. The highest BCUT2D eigenvalue weighted by Crippen LogP contribution is 2.37. The van der Waals surface area contributed by atoms with Crippen molar-refractivity contribution < 1.29 is 36.6 Å². The van der Waals surface area contributed by atoms with Gasteiger partial charge in [-0.05, 0) is 44.0 Å². The molecule has 2 aromatic carbocycles. The van der Waals surface area contributed by atoms with E-state index in [-0.39, 0.29) is 55.1 Å². The number of hydrogen-bond donors (Lipinski definition) is 0. The Morgan fingerprint density at radius 1 is 1.11 bits per heavy atom. The number of aromatic nitrogens is 3. The van der Waals surface area contributed by atoms with Gasteiger partial charge in [-0.25, -0.2) is 22.5 Å². The molecule has 0 unspecified atom stereocenters. The number of esters is 1. The number of nitrogens with zero attached hydrogens (tertiary/aromatic N) is 5. The van der Waals surface area contributed by atoms with Crippen molar-refractivity contribution in [3.63, 3.8) is 0 Å². The molecule has 13 heteroatoms. The highest BCUT2D eigenvalue weighted by Gasteiger charge is 2.34. The van der Waals surface area contributed by atoms with Crippen molar-refractivity contribution >= 4 is 29.0 Å². The molecular weight excluding hydrogens is 582 g/mol. The van der Waals surface area contributed by atoms with Crippen molar-refractivity contribution in [2.75, 3.05) is 38.8 Å². The first-order chi connectivity index (χ1) is 21.0. The van der Waals surface area contributed by atoms with Gasteiger partial charge in [0.25, 0.3) is 5.91 Å². The lowest BCUT2D eigenvalue weighted by atomic mass is 9.91. The average Bonchev–Trinajstić information content (AvgIpc) is 3.43. The summed E-state index contributed by atoms with van der Waals surface area (Å²) in [6.07, 6.45) is -1.23. The van der Waals surface area contributed by atoms with Gasteiger partial charge in [0.15, 0.2) is 28.8 Å². The van der Waals surface area contributed by atoms with E-state index in [1.165, 1.54) is 28.7 Å². The number of para-hydroxylation sites is 1. The van der Waals surface area contributed by atoms with Gasteiger partial charge >= 0.3 is 5.97 Å². The average molecular weight is 614 g/mol. The van der Waals surface area contributed by atoms with E-state index in [0.717, 1.165) is 17.7 Å². The number of carbonyl (C=O) groups excluding carboxylic acids is 2. The van der Waals surface area contributed by atoms with E-state index < -0.39 is 41.4 Å². The number of rotatable bonds is 8. The molecule has 2 aromatic heterocycles. The highest BCUT2D eigenvalue weighted by atomic mass is 19.2. The molecule has 1 aliphatic heterocycles. The van der Waals surface area contributed by atoms with Crippen LogP contribution in [0, 0.1) is 30.3 Å². The predicted octanol–water partition coefficient (Wildman–Crippen LogP) is 5.65. The van der Waals surface area contributed by atoms with Gasteiger partial charge in [-0.15, -0.1) is 0 Å². The van der Waals surface area contributed by atoms with E-state index >= 15 is 4.39 Å². The maximum atomic E-state index is 15.0. The molecule has 1 amide bonds. The molecule has 0 saturated carbocycles. The van der Waals surface area contributed by atoms with Crippen molar-refractivity contribution in [3.05, 3.63) is 71.2 Å². The quantitative estimate of drug-likeness (QED) is 0.144. The number of methoxy groups -OCH3 is 1. The lowest BCUT2D eigenvalue weighted by Gasteiger charge is -2.33. The van der Waals surface area contributed by atoms with Crippen LogP contribution in [0.1, 0.15) is 35.8 Å². The Kier molecular flexibility index (Phi) is 8.75. The second kappa shape index (κ2) is 12.5. The standard InChI is InChI=1S/C31H31F4N5O4/c1-5-44-28(41)13-18-9-10-39(16-22(18)34)31(42)24-14-26-36-23(19-11-20(32)29(35)21(33)12-19)15-27(40(26)37-24)38(3)30-17(2)7-6-8-25(30)43-4/h6-8,11-12,14-15,18,22H,5,9-10,13,16H2,1-4H3/t18-,22-/m0/s1. The van der Waals surface area contributed by atoms with Gasteiger partial charge in [0.05, 0.1) is 38.1 Å². The number of likely N-dealkylation sites (tertiary alicyclic amines) is 1. The number of aryl methyl sites for hydroxylation is 1. The molecule has 0 radical (unpaired) electrons. The second-order valence-electron chi connectivity index (χ2n) is 10.6. The van der Waals surface area contributed by atoms with Crippen molar-refractivity contribution in [2.45, 2.75) is 32.9 Å².